The van der Waals surface area contributed by atoms with Gasteiger partial charge >= 0.3 is 0 Å². The zero-order valence-electron chi connectivity index (χ0n) is 21.8. The Balaban J connectivity index is 1.34. The van der Waals surface area contributed by atoms with Crippen molar-refractivity contribution in [3.63, 3.8) is 0 Å². The number of benzene rings is 2. The zero-order valence-corrected chi connectivity index (χ0v) is 21.8. The zero-order chi connectivity index (χ0) is 26.1. The molecule has 0 unspecified atom stereocenters. The van der Waals surface area contributed by atoms with E-state index in [2.05, 4.69) is 55.4 Å². The predicted octanol–water partition coefficient (Wildman–Crippen LogP) is 2.92. The van der Waals surface area contributed by atoms with Gasteiger partial charge in [-0.25, -0.2) is 4.68 Å². The van der Waals surface area contributed by atoms with Gasteiger partial charge in [0.15, 0.2) is 5.82 Å². The molecule has 6 rings (SSSR count). The molecule has 4 heterocycles. The number of methoxy groups -OCH3 is 1. The normalized spacial score (nSPS) is 19.2. The fourth-order valence-corrected chi connectivity index (χ4v) is 5.60. The molecule has 198 valence electrons. The molecule has 1 N–H and O–H groups in total. The largest absolute Gasteiger partial charge is 0.497 e. The van der Waals surface area contributed by atoms with Crippen molar-refractivity contribution in [2.45, 2.75) is 38.5 Å². The molecular formula is C28H33N7O3. The molecule has 2 saturated heterocycles. The number of piperazine rings is 1. The van der Waals surface area contributed by atoms with Gasteiger partial charge in [-0.3, -0.25) is 9.69 Å². The van der Waals surface area contributed by atoms with Crippen molar-refractivity contribution in [1.82, 2.24) is 30.1 Å². The van der Waals surface area contributed by atoms with E-state index in [-0.39, 0.29) is 17.7 Å². The summed E-state index contributed by atoms with van der Waals surface area (Å²) in [4.78, 5) is 21.3. The minimum absolute atomic E-state index is 0.0855. The lowest BCUT2D eigenvalue weighted by atomic mass is 10.0. The molecule has 2 aliphatic heterocycles. The fourth-order valence-electron chi connectivity index (χ4n) is 5.60. The van der Waals surface area contributed by atoms with Crippen LogP contribution in [-0.4, -0.2) is 76.1 Å². The summed E-state index contributed by atoms with van der Waals surface area (Å²) in [6.07, 6.45) is 2.12. The van der Waals surface area contributed by atoms with Crippen LogP contribution in [0.1, 0.15) is 35.8 Å². The van der Waals surface area contributed by atoms with E-state index < -0.39 is 0 Å². The Kier molecular flexibility index (Phi) is 6.82. The molecule has 0 radical (unpaired) electrons. The molecule has 2 aromatic carbocycles. The summed E-state index contributed by atoms with van der Waals surface area (Å²) >= 11 is 0. The van der Waals surface area contributed by atoms with Crippen molar-refractivity contribution in [2.24, 2.45) is 0 Å². The maximum atomic E-state index is 13.5. The average molecular weight is 516 g/mol. The fraction of sp³-hybridized carbons (Fsp3) is 0.429. The molecule has 0 amide bonds. The van der Waals surface area contributed by atoms with Crippen molar-refractivity contribution in [1.29, 1.82) is 0 Å². The monoisotopic (exact) mass is 515 g/mol. The molecule has 4 aromatic rings. The van der Waals surface area contributed by atoms with E-state index in [1.54, 1.807) is 7.11 Å². The van der Waals surface area contributed by atoms with Crippen LogP contribution in [0.2, 0.25) is 0 Å². The average Bonchev–Trinajstić information content (AvgIpc) is 3.63. The Hall–Kier alpha value is -3.76. The maximum absolute atomic E-state index is 13.5. The van der Waals surface area contributed by atoms with Crippen LogP contribution < -0.4 is 15.2 Å². The SMILES string of the molecule is COc1ccc(N2CCN([C@@H](c3cc4cc(C)ccc4[nH]c3=O)c3nnnn3C[C@@H]3CCCO3)CC2)cc1. The van der Waals surface area contributed by atoms with Crippen LogP contribution in [0.3, 0.4) is 0 Å². The highest BCUT2D eigenvalue weighted by Crippen LogP contribution is 2.30. The molecule has 2 aliphatic rings. The van der Waals surface area contributed by atoms with Gasteiger partial charge in [0, 0.05) is 49.6 Å². The second kappa shape index (κ2) is 10.5. The van der Waals surface area contributed by atoms with Crippen LogP contribution in [-0.2, 0) is 11.3 Å². The third-order valence-corrected chi connectivity index (χ3v) is 7.64. The number of nitrogens with zero attached hydrogens (tertiary/aromatic N) is 6. The molecule has 0 aliphatic carbocycles. The smallest absolute Gasteiger partial charge is 0.253 e. The number of aryl methyl sites for hydroxylation is 1. The van der Waals surface area contributed by atoms with Crippen molar-refractivity contribution in [3.05, 3.63) is 75.8 Å². The number of anilines is 1. The van der Waals surface area contributed by atoms with Gasteiger partial charge in [0.2, 0.25) is 0 Å². The second-order valence-electron chi connectivity index (χ2n) is 10.1. The van der Waals surface area contributed by atoms with Crippen LogP contribution in [0, 0.1) is 6.92 Å². The number of fused-ring (bicyclic) bond motifs is 1. The summed E-state index contributed by atoms with van der Waals surface area (Å²) in [5.41, 5.74) is 3.67. The van der Waals surface area contributed by atoms with Crippen molar-refractivity contribution in [3.8, 4) is 5.75 Å². The summed E-state index contributed by atoms with van der Waals surface area (Å²) in [6.45, 7) is 6.56. The summed E-state index contributed by atoms with van der Waals surface area (Å²) in [6, 6.07) is 15.8. The maximum Gasteiger partial charge on any atom is 0.253 e. The standard InChI is InChI=1S/C28H33N7O3/c1-19-5-10-25-20(16-19)17-24(28(36)29-25)26(27-30-31-32-35(27)18-23-4-3-15-38-23)34-13-11-33(12-14-34)21-6-8-22(37-2)9-7-21/h5-10,16-17,23,26H,3-4,11-15,18H2,1-2H3,(H,29,36)/t23-,26-/m0/s1. The lowest BCUT2D eigenvalue weighted by Gasteiger charge is -2.39. The van der Waals surface area contributed by atoms with Gasteiger partial charge in [-0.15, -0.1) is 5.10 Å². The van der Waals surface area contributed by atoms with E-state index in [1.807, 2.05) is 35.0 Å². The number of hydrogen-bond donors (Lipinski definition) is 1. The predicted molar refractivity (Wildman–Crippen MR) is 145 cm³/mol. The number of aromatic amines is 1. The number of hydrogen-bond acceptors (Lipinski definition) is 8. The van der Waals surface area contributed by atoms with E-state index in [1.165, 1.54) is 0 Å². The molecular weight excluding hydrogens is 482 g/mol. The van der Waals surface area contributed by atoms with E-state index in [4.69, 9.17) is 9.47 Å². The molecule has 0 bridgehead atoms. The Labute approximate surface area is 221 Å². The molecule has 2 fully saturated rings. The van der Waals surface area contributed by atoms with Crippen LogP contribution >= 0.6 is 0 Å². The molecule has 10 heteroatoms. The lowest BCUT2D eigenvalue weighted by molar-refractivity contribution is 0.0906. The van der Waals surface area contributed by atoms with E-state index in [0.717, 1.165) is 73.5 Å². The molecule has 10 nitrogen and oxygen atoms in total. The number of nitrogens with one attached hydrogen (secondary N) is 1. The van der Waals surface area contributed by atoms with E-state index in [0.29, 0.717) is 17.9 Å². The van der Waals surface area contributed by atoms with Gasteiger partial charge in [0.25, 0.3) is 5.56 Å². The Morgan fingerprint density at radius 3 is 2.66 bits per heavy atom. The molecule has 0 spiro atoms. The van der Waals surface area contributed by atoms with Crippen LogP contribution in [0.5, 0.6) is 5.75 Å². The van der Waals surface area contributed by atoms with E-state index in [9.17, 15) is 4.79 Å². The highest BCUT2D eigenvalue weighted by molar-refractivity contribution is 5.79. The van der Waals surface area contributed by atoms with Gasteiger partial charge in [0.05, 0.1) is 19.8 Å². The highest BCUT2D eigenvalue weighted by Gasteiger charge is 2.33. The topological polar surface area (TPSA) is 101 Å². The third kappa shape index (κ3) is 4.89. The Morgan fingerprint density at radius 2 is 1.92 bits per heavy atom. The third-order valence-electron chi connectivity index (χ3n) is 7.64. The summed E-state index contributed by atoms with van der Waals surface area (Å²) in [5, 5.41) is 13.8. The highest BCUT2D eigenvalue weighted by atomic mass is 16.5. The van der Waals surface area contributed by atoms with Crippen molar-refractivity contribution < 1.29 is 9.47 Å². The summed E-state index contributed by atoms with van der Waals surface area (Å²) in [7, 11) is 1.68. The summed E-state index contributed by atoms with van der Waals surface area (Å²) < 4.78 is 13.0. The van der Waals surface area contributed by atoms with Gasteiger partial charge in [-0.1, -0.05) is 11.6 Å². The minimum atomic E-state index is -0.377. The quantitative estimate of drug-likeness (QED) is 0.401. The Morgan fingerprint density at radius 1 is 1.11 bits per heavy atom. The van der Waals surface area contributed by atoms with Crippen LogP contribution in [0.25, 0.3) is 10.9 Å². The van der Waals surface area contributed by atoms with Gasteiger partial charge in [-0.05, 0) is 78.0 Å². The molecule has 0 saturated carbocycles. The molecule has 2 aromatic heterocycles. The molecule has 2 atom stereocenters. The van der Waals surface area contributed by atoms with Crippen molar-refractivity contribution in [2.75, 3.05) is 44.8 Å². The first-order valence-electron chi connectivity index (χ1n) is 13.2. The number of H-pyrrole nitrogens is 1. The number of pyridine rings is 1. The van der Waals surface area contributed by atoms with E-state index >= 15 is 0 Å². The van der Waals surface area contributed by atoms with Crippen LogP contribution in [0.15, 0.2) is 53.3 Å². The van der Waals surface area contributed by atoms with Gasteiger partial charge in [-0.2, -0.15) is 0 Å². The number of aromatic nitrogens is 5. The first-order chi connectivity index (χ1) is 18.6. The number of ether oxygens (including phenoxy) is 2. The number of rotatable bonds is 7. The molecule has 38 heavy (non-hydrogen) atoms. The Bertz CT molecular complexity index is 1450. The van der Waals surface area contributed by atoms with Gasteiger partial charge in [0.1, 0.15) is 11.8 Å². The number of tetrazole rings is 1. The van der Waals surface area contributed by atoms with Crippen LogP contribution in [0.4, 0.5) is 5.69 Å². The summed E-state index contributed by atoms with van der Waals surface area (Å²) in [5.74, 6) is 1.52. The first-order valence-corrected chi connectivity index (χ1v) is 13.2. The first kappa shape index (κ1) is 24.6. The minimum Gasteiger partial charge on any atom is -0.497 e. The lowest BCUT2D eigenvalue weighted by Crippen LogP contribution is -2.49. The van der Waals surface area contributed by atoms with Gasteiger partial charge < -0.3 is 19.4 Å². The second-order valence-corrected chi connectivity index (χ2v) is 10.1. The van der Waals surface area contributed by atoms with Crippen molar-refractivity contribution >= 4 is 16.6 Å².